The van der Waals surface area contributed by atoms with Gasteiger partial charge >= 0.3 is 0 Å². The number of nitrogens with one attached hydrogen (secondary N) is 2. The van der Waals surface area contributed by atoms with Gasteiger partial charge in [0.25, 0.3) is 11.6 Å². The van der Waals surface area contributed by atoms with E-state index in [-0.39, 0.29) is 17.6 Å². The Bertz CT molecular complexity index is 524. The second-order valence-corrected chi connectivity index (χ2v) is 5.27. The number of anilines is 1. The summed E-state index contributed by atoms with van der Waals surface area (Å²) in [7, 11) is 0. The number of nitro benzene ring substituents is 1. The fourth-order valence-electron chi connectivity index (χ4n) is 2.46. The maximum Gasteiger partial charge on any atom is 0.292 e. The van der Waals surface area contributed by atoms with Crippen molar-refractivity contribution in [3.63, 3.8) is 0 Å². The first-order valence-electron chi connectivity index (χ1n) is 6.84. The molecule has 2 N–H and O–H groups in total. The van der Waals surface area contributed by atoms with Gasteiger partial charge in [-0.1, -0.05) is 6.92 Å². The van der Waals surface area contributed by atoms with Crippen LogP contribution in [0.25, 0.3) is 0 Å². The maximum absolute atomic E-state index is 12.1. The van der Waals surface area contributed by atoms with Crippen molar-refractivity contribution in [1.82, 2.24) is 5.32 Å². The summed E-state index contributed by atoms with van der Waals surface area (Å²) in [6, 6.07) is 4.64. The number of hydrogen-bond acceptors (Lipinski definition) is 4. The van der Waals surface area contributed by atoms with Crippen molar-refractivity contribution in [1.29, 1.82) is 0 Å². The highest BCUT2D eigenvalue weighted by atomic mass is 16.6. The molecule has 1 aromatic rings. The van der Waals surface area contributed by atoms with Crippen molar-refractivity contribution < 1.29 is 9.72 Å². The van der Waals surface area contributed by atoms with Crippen LogP contribution in [0.4, 0.5) is 11.4 Å². The van der Waals surface area contributed by atoms with Crippen LogP contribution in [-0.4, -0.2) is 23.4 Å². The van der Waals surface area contributed by atoms with Gasteiger partial charge in [0.1, 0.15) is 5.69 Å². The Morgan fingerprint density at radius 1 is 1.45 bits per heavy atom. The molecule has 6 nitrogen and oxygen atoms in total. The molecule has 0 aliphatic heterocycles. The molecule has 1 amide bonds. The van der Waals surface area contributed by atoms with Crippen molar-refractivity contribution in [3.05, 3.63) is 33.9 Å². The van der Waals surface area contributed by atoms with Gasteiger partial charge < -0.3 is 10.6 Å². The molecule has 0 saturated heterocycles. The summed E-state index contributed by atoms with van der Waals surface area (Å²) in [5.41, 5.74) is 0.818. The third-order valence-electron chi connectivity index (χ3n) is 3.53. The summed E-state index contributed by atoms with van der Waals surface area (Å²) < 4.78 is 0. The molecule has 0 spiro atoms. The van der Waals surface area contributed by atoms with Gasteiger partial charge in [-0.05, 0) is 37.8 Å². The lowest BCUT2D eigenvalue weighted by atomic mass is 9.82. The van der Waals surface area contributed by atoms with E-state index < -0.39 is 4.92 Å². The van der Waals surface area contributed by atoms with E-state index in [2.05, 4.69) is 17.6 Å². The predicted octanol–water partition coefficient (Wildman–Crippen LogP) is 2.55. The zero-order valence-electron chi connectivity index (χ0n) is 11.7. The molecule has 0 atom stereocenters. The van der Waals surface area contributed by atoms with Gasteiger partial charge in [0.15, 0.2) is 0 Å². The van der Waals surface area contributed by atoms with Crippen molar-refractivity contribution in [2.75, 3.05) is 11.9 Å². The summed E-state index contributed by atoms with van der Waals surface area (Å²) >= 11 is 0. The lowest BCUT2D eigenvalue weighted by molar-refractivity contribution is -0.384. The van der Waals surface area contributed by atoms with Gasteiger partial charge in [-0.3, -0.25) is 14.9 Å². The van der Waals surface area contributed by atoms with E-state index in [4.69, 9.17) is 0 Å². The summed E-state index contributed by atoms with van der Waals surface area (Å²) in [4.78, 5) is 22.5. The quantitative estimate of drug-likeness (QED) is 0.640. The molecule has 1 aromatic carbocycles. The summed E-state index contributed by atoms with van der Waals surface area (Å²) in [5, 5.41) is 16.8. The molecule has 0 aromatic heterocycles. The van der Waals surface area contributed by atoms with Crippen molar-refractivity contribution in [2.45, 2.75) is 32.7 Å². The smallest absolute Gasteiger partial charge is 0.292 e. The Labute approximate surface area is 117 Å². The van der Waals surface area contributed by atoms with Crippen molar-refractivity contribution in [2.24, 2.45) is 5.92 Å². The Kier molecular flexibility index (Phi) is 4.22. The van der Waals surface area contributed by atoms with Crippen LogP contribution in [0.15, 0.2) is 18.2 Å². The molecule has 20 heavy (non-hydrogen) atoms. The summed E-state index contributed by atoms with van der Waals surface area (Å²) in [5.74, 6) is 0.491. The first kappa shape index (κ1) is 14.3. The Balaban J connectivity index is 2.13. The lowest BCUT2D eigenvalue weighted by Crippen LogP contribution is -2.43. The molecule has 0 unspecified atom stereocenters. The minimum atomic E-state index is -0.451. The average molecular weight is 277 g/mol. The topological polar surface area (TPSA) is 84.3 Å². The fourth-order valence-corrected chi connectivity index (χ4v) is 2.46. The van der Waals surface area contributed by atoms with Gasteiger partial charge in [-0.2, -0.15) is 0 Å². The van der Waals surface area contributed by atoms with Crippen molar-refractivity contribution in [3.8, 4) is 0 Å². The maximum atomic E-state index is 12.1. The van der Waals surface area contributed by atoms with E-state index in [9.17, 15) is 14.9 Å². The minimum absolute atomic E-state index is 0.0133. The second kappa shape index (κ2) is 5.90. The number of benzene rings is 1. The lowest BCUT2D eigenvalue weighted by Gasteiger charge is -2.33. The molecule has 108 valence electrons. The van der Waals surface area contributed by atoms with Crippen LogP contribution < -0.4 is 10.6 Å². The van der Waals surface area contributed by atoms with Crippen molar-refractivity contribution >= 4 is 17.3 Å². The van der Waals surface area contributed by atoms with Crippen LogP contribution in [0.1, 0.15) is 37.0 Å². The van der Waals surface area contributed by atoms with Gasteiger partial charge in [0.05, 0.1) is 4.92 Å². The first-order valence-corrected chi connectivity index (χ1v) is 6.84. The van der Waals surface area contributed by atoms with Crippen LogP contribution in [0.2, 0.25) is 0 Å². The number of carbonyl (C=O) groups excluding carboxylic acids is 1. The average Bonchev–Trinajstić information content (AvgIpc) is 2.36. The van der Waals surface area contributed by atoms with Gasteiger partial charge in [0.2, 0.25) is 0 Å². The van der Waals surface area contributed by atoms with Crippen LogP contribution in [0, 0.1) is 16.0 Å². The third-order valence-corrected chi connectivity index (χ3v) is 3.53. The van der Waals surface area contributed by atoms with Gasteiger partial charge in [0, 0.05) is 24.2 Å². The van der Waals surface area contributed by atoms with E-state index in [0.717, 1.165) is 12.8 Å². The molecule has 1 aliphatic carbocycles. The molecular weight excluding hydrogens is 258 g/mol. The van der Waals surface area contributed by atoms with Gasteiger partial charge in [-0.25, -0.2) is 0 Å². The molecule has 2 rings (SSSR count). The monoisotopic (exact) mass is 277 g/mol. The summed E-state index contributed by atoms with van der Waals surface area (Å²) in [6.07, 6.45) is 2.00. The Morgan fingerprint density at radius 3 is 2.70 bits per heavy atom. The van der Waals surface area contributed by atoms with Crippen LogP contribution in [0.3, 0.4) is 0 Å². The Morgan fingerprint density at radius 2 is 2.15 bits per heavy atom. The van der Waals surface area contributed by atoms with E-state index in [0.29, 0.717) is 23.7 Å². The zero-order valence-corrected chi connectivity index (χ0v) is 11.7. The molecular formula is C14H19N3O3. The molecule has 1 fully saturated rings. The number of nitrogens with zero attached hydrogens (tertiary/aromatic N) is 1. The highest BCUT2D eigenvalue weighted by molar-refractivity contribution is 5.96. The number of hydrogen-bond donors (Lipinski definition) is 2. The highest BCUT2D eigenvalue weighted by Gasteiger charge is 2.27. The number of nitro groups is 1. The van der Waals surface area contributed by atoms with Crippen LogP contribution in [0.5, 0.6) is 0 Å². The zero-order chi connectivity index (χ0) is 14.7. The first-order chi connectivity index (χ1) is 9.51. The van der Waals surface area contributed by atoms with E-state index in [1.165, 1.54) is 12.1 Å². The number of amides is 1. The van der Waals surface area contributed by atoms with E-state index in [1.807, 2.05) is 6.92 Å². The standard InChI is InChI=1S/C14H19N3O3/c1-3-15-12-8-10(4-5-13(12)17(19)20)14(18)16-11-6-9(2)7-11/h4-5,8-9,11,15H,3,6-7H2,1-2H3,(H,16,18). The SMILES string of the molecule is CCNc1cc(C(=O)NC2CC(C)C2)ccc1[N+](=O)[O-]. The molecule has 0 heterocycles. The van der Waals surface area contributed by atoms with E-state index >= 15 is 0 Å². The molecule has 0 radical (unpaired) electrons. The summed E-state index contributed by atoms with van der Waals surface area (Å²) in [6.45, 7) is 4.57. The molecule has 6 heteroatoms. The molecule has 1 aliphatic rings. The number of carbonyl (C=O) groups is 1. The predicted molar refractivity (Wildman–Crippen MR) is 76.9 cm³/mol. The van der Waals surface area contributed by atoms with Gasteiger partial charge in [-0.15, -0.1) is 0 Å². The molecule has 0 bridgehead atoms. The minimum Gasteiger partial charge on any atom is -0.380 e. The van der Waals surface area contributed by atoms with Crippen LogP contribution in [-0.2, 0) is 0 Å². The third kappa shape index (κ3) is 3.07. The second-order valence-electron chi connectivity index (χ2n) is 5.27. The normalized spacial score (nSPS) is 20.9. The largest absolute Gasteiger partial charge is 0.380 e. The van der Waals surface area contributed by atoms with Crippen LogP contribution >= 0.6 is 0 Å². The number of rotatable bonds is 5. The fraction of sp³-hybridized carbons (Fsp3) is 0.500. The highest BCUT2D eigenvalue weighted by Crippen LogP contribution is 2.28. The Hall–Kier alpha value is -2.11. The molecule has 1 saturated carbocycles. The van der Waals surface area contributed by atoms with E-state index in [1.54, 1.807) is 6.07 Å².